The lowest BCUT2D eigenvalue weighted by atomic mass is 10.1. The van der Waals surface area contributed by atoms with Crippen LogP contribution in [0.25, 0.3) is 0 Å². The maximum absolute atomic E-state index is 11.1. The monoisotopic (exact) mass is 305 g/mol. The third kappa shape index (κ3) is 4.80. The fraction of sp³-hybridized carbons (Fsp3) is 0.588. The van der Waals surface area contributed by atoms with Crippen molar-refractivity contribution in [1.82, 2.24) is 9.80 Å². The van der Waals surface area contributed by atoms with Crippen LogP contribution in [0.1, 0.15) is 29.8 Å². The first kappa shape index (κ1) is 16.9. The van der Waals surface area contributed by atoms with Crippen molar-refractivity contribution in [2.45, 2.75) is 26.4 Å². The number of carbonyl (C=O) groups is 1. The second-order valence-corrected chi connectivity index (χ2v) is 5.88. The number of hydrogen-bond acceptors (Lipinski definition) is 4. The Morgan fingerprint density at radius 2 is 2.05 bits per heavy atom. The molecule has 1 amide bonds. The summed E-state index contributed by atoms with van der Waals surface area (Å²) in [4.78, 5) is 16.0. The number of amides is 1. The molecule has 0 radical (unpaired) electrons. The number of benzene rings is 1. The Balaban J connectivity index is 1.81. The third-order valence-corrected chi connectivity index (χ3v) is 4.22. The van der Waals surface area contributed by atoms with Gasteiger partial charge < -0.3 is 10.5 Å². The minimum absolute atomic E-state index is 0.372. The van der Waals surface area contributed by atoms with Crippen LogP contribution in [-0.2, 0) is 11.3 Å². The third-order valence-electron chi connectivity index (χ3n) is 4.22. The topological polar surface area (TPSA) is 58.8 Å². The van der Waals surface area contributed by atoms with E-state index in [-0.39, 0.29) is 5.91 Å². The molecular weight excluding hydrogens is 278 g/mol. The molecule has 1 aromatic carbocycles. The predicted molar refractivity (Wildman–Crippen MR) is 87.8 cm³/mol. The van der Waals surface area contributed by atoms with Crippen LogP contribution in [0.15, 0.2) is 24.3 Å². The fourth-order valence-corrected chi connectivity index (χ4v) is 2.91. The number of carbonyl (C=O) groups excluding carboxylic acids is 1. The average Bonchev–Trinajstić information content (AvgIpc) is 2.50. The number of rotatable bonds is 7. The molecule has 122 valence electrons. The van der Waals surface area contributed by atoms with Crippen LogP contribution < -0.4 is 5.73 Å². The van der Waals surface area contributed by atoms with Crippen LogP contribution in [0.2, 0.25) is 0 Å². The van der Waals surface area contributed by atoms with Gasteiger partial charge in [0.2, 0.25) is 5.91 Å². The number of piperazine rings is 1. The number of nitrogens with two attached hydrogens (primary N) is 1. The summed E-state index contributed by atoms with van der Waals surface area (Å²) >= 11 is 0. The van der Waals surface area contributed by atoms with Crippen molar-refractivity contribution in [3.63, 3.8) is 0 Å². The highest BCUT2D eigenvalue weighted by Gasteiger charge is 2.23. The standard InChI is InChI=1S/C17H27N3O2/c1-3-22-11-10-20-9-8-19(12-14(20)2)13-15-4-6-16(7-5-15)17(18)21/h4-7,14H,3,8-13H2,1-2H3,(H2,18,21). The summed E-state index contributed by atoms with van der Waals surface area (Å²) in [6, 6.07) is 8.14. The molecule has 0 aromatic heterocycles. The summed E-state index contributed by atoms with van der Waals surface area (Å²) in [6.07, 6.45) is 0. The van der Waals surface area contributed by atoms with E-state index in [0.717, 1.165) is 45.9 Å². The summed E-state index contributed by atoms with van der Waals surface area (Å²) in [6.45, 7) is 11.0. The maximum Gasteiger partial charge on any atom is 0.248 e. The van der Waals surface area contributed by atoms with Crippen molar-refractivity contribution in [3.8, 4) is 0 Å². The molecule has 1 atom stereocenters. The zero-order valence-electron chi connectivity index (χ0n) is 13.6. The molecule has 22 heavy (non-hydrogen) atoms. The summed E-state index contributed by atoms with van der Waals surface area (Å²) in [5.74, 6) is -0.372. The van der Waals surface area contributed by atoms with E-state index < -0.39 is 0 Å². The first-order valence-electron chi connectivity index (χ1n) is 8.03. The maximum atomic E-state index is 11.1. The summed E-state index contributed by atoms with van der Waals surface area (Å²) in [5, 5.41) is 0. The van der Waals surface area contributed by atoms with Gasteiger partial charge in [0.05, 0.1) is 6.61 Å². The van der Waals surface area contributed by atoms with Crippen molar-refractivity contribution in [3.05, 3.63) is 35.4 Å². The van der Waals surface area contributed by atoms with Gasteiger partial charge in [-0.2, -0.15) is 0 Å². The summed E-state index contributed by atoms with van der Waals surface area (Å²) in [5.41, 5.74) is 7.06. The molecule has 5 heteroatoms. The molecule has 1 aliphatic rings. The van der Waals surface area contributed by atoms with E-state index in [1.807, 2.05) is 19.1 Å². The molecule has 1 aromatic rings. The average molecular weight is 305 g/mol. The van der Waals surface area contributed by atoms with Gasteiger partial charge in [0.1, 0.15) is 0 Å². The lowest BCUT2D eigenvalue weighted by molar-refractivity contribution is 0.0466. The van der Waals surface area contributed by atoms with E-state index in [9.17, 15) is 4.79 Å². The normalized spacial score (nSPS) is 20.2. The zero-order valence-corrected chi connectivity index (χ0v) is 13.6. The van der Waals surface area contributed by atoms with Gasteiger partial charge in [0.25, 0.3) is 0 Å². The SMILES string of the molecule is CCOCCN1CCN(Cc2ccc(C(N)=O)cc2)CC1C. The van der Waals surface area contributed by atoms with Gasteiger partial charge in [0, 0.05) is 50.9 Å². The lowest BCUT2D eigenvalue weighted by Gasteiger charge is -2.39. The second-order valence-electron chi connectivity index (χ2n) is 5.88. The Morgan fingerprint density at radius 1 is 1.32 bits per heavy atom. The van der Waals surface area contributed by atoms with Crippen LogP contribution in [-0.4, -0.2) is 61.1 Å². The van der Waals surface area contributed by atoms with E-state index in [0.29, 0.717) is 11.6 Å². The van der Waals surface area contributed by atoms with Gasteiger partial charge in [-0.1, -0.05) is 12.1 Å². The Kier molecular flexibility index (Phi) is 6.36. The van der Waals surface area contributed by atoms with E-state index in [1.165, 1.54) is 5.56 Å². The van der Waals surface area contributed by atoms with E-state index in [2.05, 4.69) is 16.7 Å². The molecule has 1 unspecified atom stereocenters. The quantitative estimate of drug-likeness (QED) is 0.772. The highest BCUT2D eigenvalue weighted by molar-refractivity contribution is 5.92. The van der Waals surface area contributed by atoms with Crippen LogP contribution in [0.5, 0.6) is 0 Å². The first-order chi connectivity index (χ1) is 10.6. The lowest BCUT2D eigenvalue weighted by Crippen LogP contribution is -2.52. The van der Waals surface area contributed by atoms with Gasteiger partial charge in [-0.3, -0.25) is 14.6 Å². The molecule has 2 N–H and O–H groups in total. The van der Waals surface area contributed by atoms with Gasteiger partial charge >= 0.3 is 0 Å². The van der Waals surface area contributed by atoms with Gasteiger partial charge in [-0.15, -0.1) is 0 Å². The van der Waals surface area contributed by atoms with E-state index >= 15 is 0 Å². The second kappa shape index (κ2) is 8.27. The Labute approximate surface area is 133 Å². The van der Waals surface area contributed by atoms with Crippen LogP contribution in [0.3, 0.4) is 0 Å². The van der Waals surface area contributed by atoms with Gasteiger partial charge in [-0.25, -0.2) is 0 Å². The Hall–Kier alpha value is -1.43. The smallest absolute Gasteiger partial charge is 0.248 e. The molecule has 1 fully saturated rings. The van der Waals surface area contributed by atoms with Crippen molar-refractivity contribution < 1.29 is 9.53 Å². The van der Waals surface area contributed by atoms with Crippen LogP contribution in [0.4, 0.5) is 0 Å². The molecule has 0 aliphatic carbocycles. The molecule has 0 saturated carbocycles. The number of ether oxygens (including phenoxy) is 1. The molecule has 5 nitrogen and oxygen atoms in total. The fourth-order valence-electron chi connectivity index (χ4n) is 2.91. The molecule has 1 saturated heterocycles. The number of primary amides is 1. The number of nitrogens with zero attached hydrogens (tertiary/aromatic N) is 2. The Bertz CT molecular complexity index is 475. The largest absolute Gasteiger partial charge is 0.380 e. The number of hydrogen-bond donors (Lipinski definition) is 1. The van der Waals surface area contributed by atoms with Crippen LogP contribution >= 0.6 is 0 Å². The molecule has 1 heterocycles. The van der Waals surface area contributed by atoms with Crippen LogP contribution in [0, 0.1) is 0 Å². The van der Waals surface area contributed by atoms with Crippen molar-refractivity contribution in [1.29, 1.82) is 0 Å². The van der Waals surface area contributed by atoms with Crippen molar-refractivity contribution in [2.24, 2.45) is 5.73 Å². The highest BCUT2D eigenvalue weighted by Crippen LogP contribution is 2.13. The molecule has 1 aliphatic heterocycles. The Morgan fingerprint density at radius 3 is 2.64 bits per heavy atom. The summed E-state index contributed by atoms with van der Waals surface area (Å²) in [7, 11) is 0. The van der Waals surface area contributed by atoms with Gasteiger partial charge in [0.15, 0.2) is 0 Å². The molecule has 0 spiro atoms. The molecule has 2 rings (SSSR count). The highest BCUT2D eigenvalue weighted by atomic mass is 16.5. The van der Waals surface area contributed by atoms with Gasteiger partial charge in [-0.05, 0) is 31.5 Å². The predicted octanol–water partition coefficient (Wildman–Crippen LogP) is 1.33. The molecule has 0 bridgehead atoms. The van der Waals surface area contributed by atoms with E-state index in [4.69, 9.17) is 10.5 Å². The minimum Gasteiger partial charge on any atom is -0.380 e. The first-order valence-corrected chi connectivity index (χ1v) is 8.03. The van der Waals surface area contributed by atoms with E-state index in [1.54, 1.807) is 12.1 Å². The van der Waals surface area contributed by atoms with Crippen molar-refractivity contribution in [2.75, 3.05) is 39.4 Å². The summed E-state index contributed by atoms with van der Waals surface area (Å²) < 4.78 is 5.44. The van der Waals surface area contributed by atoms with Crippen molar-refractivity contribution >= 4 is 5.91 Å². The molecular formula is C17H27N3O2. The zero-order chi connectivity index (χ0) is 15.9. The minimum atomic E-state index is -0.372.